The Morgan fingerprint density at radius 2 is 1.65 bits per heavy atom. The zero-order valence-corrected chi connectivity index (χ0v) is 13.6. The highest BCUT2D eigenvalue weighted by molar-refractivity contribution is 5.17. The van der Waals surface area contributed by atoms with Crippen molar-refractivity contribution in [3.05, 3.63) is 66.0 Å². The molecule has 1 aromatic heterocycles. The standard InChI is InChI=1S/C16H18NO2.HI/c1-13(14-7-3-2-4-8-14)17-10-6-5-9-15(17)16-18-11-12-19-16;/h2-10,13,16H,11-12H2,1H3;1H/q+1;/p-1. The first kappa shape index (κ1) is 15.4. The van der Waals surface area contributed by atoms with Gasteiger partial charge in [0.25, 0.3) is 0 Å². The van der Waals surface area contributed by atoms with Crippen molar-refractivity contribution in [1.29, 1.82) is 0 Å². The quantitative estimate of drug-likeness (QED) is 0.534. The number of hydrogen-bond acceptors (Lipinski definition) is 2. The lowest BCUT2D eigenvalue weighted by Gasteiger charge is -2.14. The van der Waals surface area contributed by atoms with Crippen LogP contribution in [0.5, 0.6) is 0 Å². The monoisotopic (exact) mass is 383 g/mol. The molecular formula is C16H18INO2. The van der Waals surface area contributed by atoms with Gasteiger partial charge >= 0.3 is 0 Å². The molecule has 1 fully saturated rings. The van der Waals surface area contributed by atoms with Gasteiger partial charge in [0.05, 0.1) is 13.2 Å². The average molecular weight is 383 g/mol. The van der Waals surface area contributed by atoms with Crippen molar-refractivity contribution in [1.82, 2.24) is 0 Å². The molecule has 3 nitrogen and oxygen atoms in total. The zero-order valence-electron chi connectivity index (χ0n) is 11.4. The first-order chi connectivity index (χ1) is 9.36. The first-order valence-electron chi connectivity index (χ1n) is 6.64. The fourth-order valence-corrected chi connectivity index (χ4v) is 2.44. The molecule has 0 spiro atoms. The van der Waals surface area contributed by atoms with Crippen molar-refractivity contribution in [2.75, 3.05) is 13.2 Å². The number of ether oxygens (including phenoxy) is 2. The highest BCUT2D eigenvalue weighted by Gasteiger charge is 2.29. The van der Waals surface area contributed by atoms with E-state index in [2.05, 4.69) is 48.0 Å². The number of rotatable bonds is 3. The second kappa shape index (κ2) is 7.15. The van der Waals surface area contributed by atoms with Gasteiger partial charge in [-0.15, -0.1) is 0 Å². The summed E-state index contributed by atoms with van der Waals surface area (Å²) in [6, 6.07) is 16.8. The Labute approximate surface area is 136 Å². The zero-order chi connectivity index (χ0) is 13.1. The van der Waals surface area contributed by atoms with E-state index in [1.54, 1.807) is 0 Å². The van der Waals surface area contributed by atoms with E-state index >= 15 is 0 Å². The lowest BCUT2D eigenvalue weighted by molar-refractivity contribution is -0.723. The van der Waals surface area contributed by atoms with Crippen LogP contribution in [-0.4, -0.2) is 13.2 Å². The van der Waals surface area contributed by atoms with Crippen LogP contribution in [-0.2, 0) is 9.47 Å². The number of nitrogens with zero attached hydrogens (tertiary/aromatic N) is 1. The number of benzene rings is 1. The number of halogens is 1. The highest BCUT2D eigenvalue weighted by atomic mass is 127. The van der Waals surface area contributed by atoms with Gasteiger partial charge in [0, 0.05) is 24.6 Å². The molecule has 1 saturated heterocycles. The molecule has 4 heteroatoms. The molecule has 0 N–H and O–H groups in total. The van der Waals surface area contributed by atoms with Crippen LogP contribution in [0, 0.1) is 0 Å². The molecule has 3 rings (SSSR count). The van der Waals surface area contributed by atoms with E-state index in [0.29, 0.717) is 13.2 Å². The summed E-state index contributed by atoms with van der Waals surface area (Å²) in [5.74, 6) is 0. The molecule has 1 atom stereocenters. The average Bonchev–Trinajstić information content (AvgIpc) is 3.01. The molecule has 0 bridgehead atoms. The number of aromatic nitrogens is 1. The topological polar surface area (TPSA) is 22.3 Å². The van der Waals surface area contributed by atoms with E-state index in [0.717, 1.165) is 5.69 Å². The Balaban J connectivity index is 0.00000147. The Hall–Kier alpha value is -0.980. The SMILES string of the molecule is CC(c1ccccc1)[n+]1ccccc1C1OCCO1.[I-]. The minimum Gasteiger partial charge on any atom is -1.00 e. The Kier molecular flexibility index (Phi) is 5.51. The van der Waals surface area contributed by atoms with Gasteiger partial charge in [0.2, 0.25) is 12.0 Å². The maximum atomic E-state index is 5.62. The van der Waals surface area contributed by atoms with Gasteiger partial charge in [0.15, 0.2) is 12.2 Å². The van der Waals surface area contributed by atoms with E-state index in [1.807, 2.05) is 18.2 Å². The molecule has 0 amide bonds. The third-order valence-corrected chi connectivity index (χ3v) is 3.49. The molecule has 0 saturated carbocycles. The second-order valence-electron chi connectivity index (χ2n) is 4.69. The number of hydrogen-bond donors (Lipinski definition) is 0. The third kappa shape index (κ3) is 3.19. The molecule has 106 valence electrons. The molecular weight excluding hydrogens is 365 g/mol. The van der Waals surface area contributed by atoms with Gasteiger partial charge < -0.3 is 33.5 Å². The summed E-state index contributed by atoms with van der Waals surface area (Å²) in [5, 5.41) is 0. The van der Waals surface area contributed by atoms with Crippen LogP contribution < -0.4 is 28.5 Å². The van der Waals surface area contributed by atoms with Gasteiger partial charge in [-0.1, -0.05) is 30.3 Å². The second-order valence-corrected chi connectivity index (χ2v) is 4.69. The maximum absolute atomic E-state index is 5.62. The fraction of sp³-hybridized carbons (Fsp3) is 0.312. The Bertz CT molecular complexity index is 541. The first-order valence-corrected chi connectivity index (χ1v) is 6.64. The molecule has 1 unspecified atom stereocenters. The van der Waals surface area contributed by atoms with E-state index in [9.17, 15) is 0 Å². The van der Waals surface area contributed by atoms with Crippen LogP contribution in [0.2, 0.25) is 0 Å². The summed E-state index contributed by atoms with van der Waals surface area (Å²) in [4.78, 5) is 0. The lowest BCUT2D eigenvalue weighted by Crippen LogP contribution is -3.00. The molecule has 20 heavy (non-hydrogen) atoms. The summed E-state index contributed by atoms with van der Waals surface area (Å²) >= 11 is 0. The van der Waals surface area contributed by atoms with Crippen molar-refractivity contribution >= 4 is 0 Å². The molecule has 0 aliphatic carbocycles. The van der Waals surface area contributed by atoms with E-state index < -0.39 is 0 Å². The van der Waals surface area contributed by atoms with Gasteiger partial charge in [-0.2, -0.15) is 4.57 Å². The summed E-state index contributed by atoms with van der Waals surface area (Å²) in [7, 11) is 0. The van der Waals surface area contributed by atoms with Crippen molar-refractivity contribution < 1.29 is 38.0 Å². The molecule has 0 radical (unpaired) electrons. The van der Waals surface area contributed by atoms with Gasteiger partial charge in [-0.05, 0) is 6.07 Å². The van der Waals surface area contributed by atoms with Crippen molar-refractivity contribution in [2.24, 2.45) is 0 Å². The third-order valence-electron chi connectivity index (χ3n) is 3.49. The van der Waals surface area contributed by atoms with Crippen molar-refractivity contribution in [2.45, 2.75) is 19.3 Å². The molecule has 1 aromatic carbocycles. The smallest absolute Gasteiger partial charge is 0.245 e. The summed E-state index contributed by atoms with van der Waals surface area (Å²) in [6.07, 6.45) is 1.84. The highest BCUT2D eigenvalue weighted by Crippen LogP contribution is 2.22. The normalized spacial score (nSPS) is 16.6. The van der Waals surface area contributed by atoms with Crippen LogP contribution in [0.25, 0.3) is 0 Å². The van der Waals surface area contributed by atoms with Crippen LogP contribution in [0.3, 0.4) is 0 Å². The van der Waals surface area contributed by atoms with Crippen LogP contribution in [0.15, 0.2) is 54.7 Å². The number of pyridine rings is 1. The molecule has 1 aliphatic rings. The van der Waals surface area contributed by atoms with Crippen LogP contribution in [0.1, 0.15) is 30.5 Å². The summed E-state index contributed by atoms with van der Waals surface area (Å²) in [5.41, 5.74) is 2.34. The van der Waals surface area contributed by atoms with E-state index in [1.165, 1.54) is 5.56 Å². The predicted molar refractivity (Wildman–Crippen MR) is 71.5 cm³/mol. The van der Waals surface area contributed by atoms with Gasteiger partial charge in [0.1, 0.15) is 0 Å². The molecule has 2 heterocycles. The van der Waals surface area contributed by atoms with Crippen LogP contribution in [0.4, 0.5) is 0 Å². The Morgan fingerprint density at radius 1 is 1.00 bits per heavy atom. The van der Waals surface area contributed by atoms with E-state index in [4.69, 9.17) is 9.47 Å². The predicted octanol–water partition coefficient (Wildman–Crippen LogP) is -0.367. The Morgan fingerprint density at radius 3 is 2.35 bits per heavy atom. The summed E-state index contributed by atoms with van der Waals surface area (Å²) in [6.45, 7) is 3.52. The van der Waals surface area contributed by atoms with E-state index in [-0.39, 0.29) is 36.3 Å². The van der Waals surface area contributed by atoms with Crippen molar-refractivity contribution in [3.8, 4) is 0 Å². The largest absolute Gasteiger partial charge is 1.00 e. The maximum Gasteiger partial charge on any atom is 0.245 e. The fourth-order valence-electron chi connectivity index (χ4n) is 2.44. The van der Waals surface area contributed by atoms with Gasteiger partial charge in [-0.3, -0.25) is 0 Å². The van der Waals surface area contributed by atoms with Crippen molar-refractivity contribution in [3.63, 3.8) is 0 Å². The minimum absolute atomic E-state index is 0. The van der Waals surface area contributed by atoms with Crippen LogP contribution >= 0.6 is 0 Å². The summed E-state index contributed by atoms with van der Waals surface area (Å²) < 4.78 is 13.5. The minimum atomic E-state index is -0.243. The molecule has 2 aromatic rings. The lowest BCUT2D eigenvalue weighted by atomic mass is 10.1. The van der Waals surface area contributed by atoms with Gasteiger partial charge in [-0.25, -0.2) is 0 Å². The molecule has 1 aliphatic heterocycles.